The molecule has 0 saturated carbocycles. The first kappa shape index (κ1) is 16.5. The van der Waals surface area contributed by atoms with E-state index in [2.05, 4.69) is 4.98 Å². The molecule has 0 N–H and O–H groups in total. The van der Waals surface area contributed by atoms with Crippen molar-refractivity contribution in [2.24, 2.45) is 0 Å². The molecular weight excluding hydrogens is 304 g/mol. The van der Waals surface area contributed by atoms with Crippen molar-refractivity contribution in [2.75, 3.05) is 20.2 Å². The molecule has 1 aliphatic rings. The smallest absolute Gasteiger partial charge is 0.272 e. The van der Waals surface area contributed by atoms with Gasteiger partial charge < -0.3 is 14.4 Å². The molecule has 5 heteroatoms. The number of hydrogen-bond donors (Lipinski definition) is 0. The largest absolute Gasteiger partial charge is 0.496 e. The topological polar surface area (TPSA) is 51.7 Å². The Morgan fingerprint density at radius 3 is 2.62 bits per heavy atom. The molecule has 1 saturated heterocycles. The van der Waals surface area contributed by atoms with Gasteiger partial charge in [0.25, 0.3) is 5.91 Å². The normalized spacial score (nSPS) is 15.3. The minimum atomic E-state index is -0.00113. The first-order valence-corrected chi connectivity index (χ1v) is 8.21. The second kappa shape index (κ2) is 7.93. The van der Waals surface area contributed by atoms with Crippen LogP contribution in [-0.2, 0) is 11.3 Å². The van der Waals surface area contributed by atoms with Crippen LogP contribution in [0.25, 0.3) is 0 Å². The number of methoxy groups -OCH3 is 1. The highest BCUT2D eigenvalue weighted by atomic mass is 16.5. The maximum Gasteiger partial charge on any atom is 0.272 e. The number of aromatic nitrogens is 1. The second-order valence-corrected chi connectivity index (χ2v) is 5.83. The van der Waals surface area contributed by atoms with Gasteiger partial charge in [0.05, 0.1) is 19.8 Å². The van der Waals surface area contributed by atoms with Gasteiger partial charge in [-0.2, -0.15) is 0 Å². The Bertz CT molecular complexity index is 667. The van der Waals surface area contributed by atoms with Crippen LogP contribution in [0.3, 0.4) is 0 Å². The van der Waals surface area contributed by atoms with Crippen molar-refractivity contribution in [2.45, 2.75) is 25.6 Å². The lowest BCUT2D eigenvalue weighted by atomic mass is 10.1. The average molecular weight is 326 g/mol. The number of nitrogens with zero attached hydrogens (tertiary/aromatic N) is 2. The zero-order valence-electron chi connectivity index (χ0n) is 13.9. The number of ether oxygens (including phenoxy) is 2. The van der Waals surface area contributed by atoms with Crippen molar-refractivity contribution in [3.63, 3.8) is 0 Å². The van der Waals surface area contributed by atoms with E-state index in [1.54, 1.807) is 19.4 Å². The van der Waals surface area contributed by atoms with Gasteiger partial charge in [-0.3, -0.25) is 9.78 Å². The minimum absolute atomic E-state index is 0.00113. The predicted molar refractivity (Wildman–Crippen MR) is 90.9 cm³/mol. The average Bonchev–Trinajstić information content (AvgIpc) is 2.67. The molecule has 5 nitrogen and oxygen atoms in total. The SMILES string of the molecule is COc1ccccc1COC1CCN(C(=O)c2ccccn2)CC1. The lowest BCUT2D eigenvalue weighted by Gasteiger charge is -2.31. The highest BCUT2D eigenvalue weighted by Crippen LogP contribution is 2.21. The van der Waals surface area contributed by atoms with Crippen LogP contribution in [0.2, 0.25) is 0 Å². The fraction of sp³-hybridized carbons (Fsp3) is 0.368. The number of carbonyl (C=O) groups is 1. The van der Waals surface area contributed by atoms with Gasteiger partial charge in [-0.15, -0.1) is 0 Å². The van der Waals surface area contributed by atoms with Crippen molar-refractivity contribution in [1.29, 1.82) is 0 Å². The van der Waals surface area contributed by atoms with Gasteiger partial charge in [-0.1, -0.05) is 24.3 Å². The Labute approximate surface area is 142 Å². The molecule has 1 fully saturated rings. The number of benzene rings is 1. The molecular formula is C19H22N2O3. The molecule has 1 aromatic carbocycles. The summed E-state index contributed by atoms with van der Waals surface area (Å²) >= 11 is 0. The summed E-state index contributed by atoms with van der Waals surface area (Å²) in [4.78, 5) is 18.4. The van der Waals surface area contributed by atoms with E-state index in [1.165, 1.54) is 0 Å². The van der Waals surface area contributed by atoms with Crippen molar-refractivity contribution < 1.29 is 14.3 Å². The van der Waals surface area contributed by atoms with E-state index in [-0.39, 0.29) is 12.0 Å². The van der Waals surface area contributed by atoms with Crippen LogP contribution in [0.15, 0.2) is 48.7 Å². The van der Waals surface area contributed by atoms with Gasteiger partial charge in [0.15, 0.2) is 0 Å². The van der Waals surface area contributed by atoms with Crippen molar-refractivity contribution in [1.82, 2.24) is 9.88 Å². The molecule has 126 valence electrons. The zero-order chi connectivity index (χ0) is 16.8. The third-order valence-electron chi connectivity index (χ3n) is 4.28. The Morgan fingerprint density at radius 2 is 1.92 bits per heavy atom. The minimum Gasteiger partial charge on any atom is -0.496 e. The molecule has 0 bridgehead atoms. The van der Waals surface area contributed by atoms with E-state index >= 15 is 0 Å². The van der Waals surface area contributed by atoms with Gasteiger partial charge >= 0.3 is 0 Å². The number of pyridine rings is 1. The van der Waals surface area contributed by atoms with Crippen molar-refractivity contribution in [3.8, 4) is 5.75 Å². The number of hydrogen-bond acceptors (Lipinski definition) is 4. The predicted octanol–water partition coefficient (Wildman–Crippen LogP) is 2.91. The lowest BCUT2D eigenvalue weighted by molar-refractivity contribution is -0.00109. The number of likely N-dealkylation sites (tertiary alicyclic amines) is 1. The molecule has 2 heterocycles. The molecule has 1 aliphatic heterocycles. The number of carbonyl (C=O) groups excluding carboxylic acids is 1. The molecule has 3 rings (SSSR count). The summed E-state index contributed by atoms with van der Waals surface area (Å²) in [6.07, 6.45) is 3.50. The molecule has 0 atom stereocenters. The number of rotatable bonds is 5. The molecule has 0 spiro atoms. The first-order chi connectivity index (χ1) is 11.8. The fourth-order valence-corrected chi connectivity index (χ4v) is 2.91. The third kappa shape index (κ3) is 3.92. The van der Waals surface area contributed by atoms with E-state index in [0.29, 0.717) is 25.4 Å². The highest BCUT2D eigenvalue weighted by molar-refractivity contribution is 5.92. The summed E-state index contributed by atoms with van der Waals surface area (Å²) in [5.74, 6) is 0.846. The quantitative estimate of drug-likeness (QED) is 0.848. The Morgan fingerprint density at radius 1 is 1.17 bits per heavy atom. The van der Waals surface area contributed by atoms with E-state index in [9.17, 15) is 4.79 Å². The number of piperidine rings is 1. The highest BCUT2D eigenvalue weighted by Gasteiger charge is 2.24. The van der Waals surface area contributed by atoms with Crippen LogP contribution in [0.1, 0.15) is 28.9 Å². The maximum atomic E-state index is 12.4. The van der Waals surface area contributed by atoms with E-state index in [1.807, 2.05) is 41.3 Å². The molecule has 0 unspecified atom stereocenters. The molecule has 1 amide bonds. The zero-order valence-corrected chi connectivity index (χ0v) is 13.9. The Balaban J connectivity index is 1.50. The lowest BCUT2D eigenvalue weighted by Crippen LogP contribution is -2.41. The molecule has 1 aromatic heterocycles. The summed E-state index contributed by atoms with van der Waals surface area (Å²) in [6.45, 7) is 1.93. The van der Waals surface area contributed by atoms with Crippen LogP contribution in [0.5, 0.6) is 5.75 Å². The van der Waals surface area contributed by atoms with Gasteiger partial charge in [0.1, 0.15) is 11.4 Å². The first-order valence-electron chi connectivity index (χ1n) is 8.21. The molecule has 0 radical (unpaired) electrons. The van der Waals surface area contributed by atoms with Crippen molar-refractivity contribution >= 4 is 5.91 Å². The van der Waals surface area contributed by atoms with Crippen LogP contribution in [0, 0.1) is 0 Å². The standard InChI is InChI=1S/C19H22N2O3/c1-23-18-8-3-2-6-15(18)14-24-16-9-12-21(13-10-16)19(22)17-7-4-5-11-20-17/h2-8,11,16H,9-10,12-14H2,1H3. The van der Waals surface area contributed by atoms with Gasteiger partial charge in [-0.05, 0) is 31.0 Å². The van der Waals surface area contributed by atoms with Crippen LogP contribution >= 0.6 is 0 Å². The molecule has 2 aromatic rings. The van der Waals surface area contributed by atoms with Crippen molar-refractivity contribution in [3.05, 3.63) is 59.9 Å². The summed E-state index contributed by atoms with van der Waals surface area (Å²) in [7, 11) is 1.67. The van der Waals surface area contributed by atoms with Crippen LogP contribution in [-0.4, -0.2) is 42.1 Å². The summed E-state index contributed by atoms with van der Waals surface area (Å²) < 4.78 is 11.4. The summed E-state index contributed by atoms with van der Waals surface area (Å²) in [5, 5.41) is 0. The monoisotopic (exact) mass is 326 g/mol. The number of amides is 1. The van der Waals surface area contributed by atoms with Gasteiger partial charge in [0, 0.05) is 24.8 Å². The third-order valence-corrected chi connectivity index (χ3v) is 4.28. The maximum absolute atomic E-state index is 12.4. The van der Waals surface area contributed by atoms with E-state index < -0.39 is 0 Å². The number of para-hydroxylation sites is 1. The Hall–Kier alpha value is -2.40. The fourth-order valence-electron chi connectivity index (χ4n) is 2.91. The van der Waals surface area contributed by atoms with Gasteiger partial charge in [0.2, 0.25) is 0 Å². The molecule has 24 heavy (non-hydrogen) atoms. The van der Waals surface area contributed by atoms with Crippen LogP contribution in [0.4, 0.5) is 0 Å². The molecule has 0 aliphatic carbocycles. The summed E-state index contributed by atoms with van der Waals surface area (Å²) in [5.41, 5.74) is 1.55. The van der Waals surface area contributed by atoms with Crippen LogP contribution < -0.4 is 4.74 Å². The Kier molecular flexibility index (Phi) is 5.43. The van der Waals surface area contributed by atoms with E-state index in [4.69, 9.17) is 9.47 Å². The van der Waals surface area contributed by atoms with E-state index in [0.717, 1.165) is 24.2 Å². The summed E-state index contributed by atoms with van der Waals surface area (Å²) in [6, 6.07) is 13.3. The second-order valence-electron chi connectivity index (χ2n) is 5.83. The van der Waals surface area contributed by atoms with Gasteiger partial charge in [-0.25, -0.2) is 0 Å².